The van der Waals surface area contributed by atoms with Gasteiger partial charge in [-0.1, -0.05) is 26.1 Å². The Kier molecular flexibility index (Phi) is 25.8. The highest BCUT2D eigenvalue weighted by Gasteiger charge is 2.38. The molecular formula is C48H80N10O9S3. The maximum atomic E-state index is 11.4. The average molecular weight is 1040 g/mol. The number of nitrogens with zero attached hydrogens (tertiary/aromatic N) is 10. The third kappa shape index (κ3) is 16.5. The lowest BCUT2D eigenvalue weighted by Gasteiger charge is -2.23. The molecule has 394 valence electrons. The highest BCUT2D eigenvalue weighted by atomic mass is 32.1. The van der Waals surface area contributed by atoms with Crippen molar-refractivity contribution in [1.82, 2.24) is 49.0 Å². The van der Waals surface area contributed by atoms with Gasteiger partial charge in [0.1, 0.15) is 24.6 Å². The summed E-state index contributed by atoms with van der Waals surface area (Å²) in [6.07, 6.45) is 3.01. The van der Waals surface area contributed by atoms with Crippen molar-refractivity contribution in [2.45, 2.75) is 154 Å². The third-order valence-electron chi connectivity index (χ3n) is 11.3. The largest absolute Gasteiger partial charge is 0.472 e. The number of hydrogen-bond donors (Lipinski definition) is 0. The lowest BCUT2D eigenvalue weighted by atomic mass is 10.0. The summed E-state index contributed by atoms with van der Waals surface area (Å²) in [5.41, 5.74) is 1.53. The third-order valence-corrected chi connectivity index (χ3v) is 12.5. The number of thiocarbonyl (C=S) groups is 3. The van der Waals surface area contributed by atoms with E-state index >= 15 is 0 Å². The van der Waals surface area contributed by atoms with Crippen LogP contribution in [-0.2, 0) is 19.2 Å². The maximum Gasteiger partial charge on any atom is 0.327 e. The molecule has 0 bridgehead atoms. The molecule has 6 heterocycles. The summed E-state index contributed by atoms with van der Waals surface area (Å²) < 4.78 is 4.98. The number of hydrogen-bond acceptors (Lipinski definition) is 12. The molecule has 10 amide bonds. The molecule has 1 aromatic rings. The monoisotopic (exact) mass is 1040 g/mol. The van der Waals surface area contributed by atoms with Gasteiger partial charge in [0.15, 0.2) is 15.7 Å². The second-order valence-corrected chi connectivity index (χ2v) is 19.8. The molecule has 6 rings (SSSR count). The van der Waals surface area contributed by atoms with Crippen molar-refractivity contribution in [2.75, 3.05) is 66.0 Å². The van der Waals surface area contributed by atoms with Crippen LogP contribution in [0.1, 0.15) is 128 Å². The topological polar surface area (TPSA) is 182 Å². The van der Waals surface area contributed by atoms with E-state index in [1.807, 2.05) is 99.8 Å². The summed E-state index contributed by atoms with van der Waals surface area (Å²) in [6.45, 7) is 37.7. The molecule has 0 aliphatic carbocycles. The minimum atomic E-state index is -0.190. The van der Waals surface area contributed by atoms with Gasteiger partial charge in [0.05, 0.1) is 25.6 Å². The standard InChI is InChI=1S/C9H12O2.2C8H14N2O2.C8H14N2OS.C8H14N2S2.C7H12N2O2/c1-6(2)8-5-11-4-7(3)9(8)10;4*1-4-9-5-7(11)10(6(2)3)8(9)12;1-5(2)9-6(10)4-8(3)7(9)11/h4-6H,1-3H3;4*6H,4-5H2,1-3H3;5H,4H2,1-3H3. The first-order valence-corrected chi connectivity index (χ1v) is 25.3. The number of amides is 10. The van der Waals surface area contributed by atoms with Crippen molar-refractivity contribution in [2.24, 2.45) is 0 Å². The number of carbonyl (C=O) groups excluding carboxylic acids is 7. The quantitative estimate of drug-likeness (QED) is 0.191. The van der Waals surface area contributed by atoms with Gasteiger partial charge < -0.3 is 33.8 Å². The van der Waals surface area contributed by atoms with Crippen LogP contribution in [0.4, 0.5) is 14.4 Å². The van der Waals surface area contributed by atoms with Gasteiger partial charge in [0.2, 0.25) is 5.91 Å². The Morgan fingerprint density at radius 3 is 1.01 bits per heavy atom. The van der Waals surface area contributed by atoms with E-state index < -0.39 is 0 Å². The van der Waals surface area contributed by atoms with Crippen LogP contribution in [-0.4, -0.2) is 202 Å². The number of imide groups is 3. The van der Waals surface area contributed by atoms with E-state index in [-0.39, 0.29) is 96.9 Å². The maximum absolute atomic E-state index is 11.4. The fourth-order valence-corrected chi connectivity index (χ4v) is 8.91. The molecule has 5 aliphatic rings. The SMILES string of the molecule is CC(C)N1C(=O)CN(C)C1=O.CCN1CC(=O)N(C(C)C)C1=O.CCN1CC(=O)N(C(C)C)C1=O.CCN1CC(=O)N(C(C)C)C1=S.CCN1CC(=S)N(C(C)C)C1=S.Cc1cocc(C(C)C)c1=O. The molecule has 19 nitrogen and oxygen atoms in total. The van der Waals surface area contributed by atoms with E-state index in [1.54, 1.807) is 28.7 Å². The van der Waals surface area contributed by atoms with Crippen LogP contribution in [0.2, 0.25) is 0 Å². The molecule has 0 N–H and O–H groups in total. The first-order chi connectivity index (χ1) is 32.5. The van der Waals surface area contributed by atoms with Crippen molar-refractivity contribution in [3.8, 4) is 0 Å². The van der Waals surface area contributed by atoms with Gasteiger partial charge in [-0.25, -0.2) is 14.4 Å². The normalized spacial score (nSPS) is 17.2. The predicted octanol–water partition coefficient (Wildman–Crippen LogP) is 6.21. The Balaban J connectivity index is 0.000000420. The van der Waals surface area contributed by atoms with E-state index in [9.17, 15) is 38.4 Å². The van der Waals surface area contributed by atoms with Crippen molar-refractivity contribution < 1.29 is 38.0 Å². The van der Waals surface area contributed by atoms with Gasteiger partial charge in [-0.3, -0.25) is 43.6 Å². The second kappa shape index (κ2) is 28.7. The summed E-state index contributed by atoms with van der Waals surface area (Å²) in [7, 11) is 1.63. The molecule has 0 spiro atoms. The summed E-state index contributed by atoms with van der Waals surface area (Å²) in [4.78, 5) is 108. The highest BCUT2D eigenvalue weighted by molar-refractivity contribution is 7.82. The predicted molar refractivity (Wildman–Crippen MR) is 284 cm³/mol. The molecule has 0 radical (unpaired) electrons. The van der Waals surface area contributed by atoms with Crippen LogP contribution in [0, 0.1) is 6.92 Å². The van der Waals surface area contributed by atoms with E-state index in [4.69, 9.17) is 41.1 Å². The zero-order valence-electron chi connectivity index (χ0n) is 44.9. The van der Waals surface area contributed by atoms with Crippen LogP contribution < -0.4 is 5.43 Å². The van der Waals surface area contributed by atoms with Gasteiger partial charge in [0.25, 0.3) is 17.7 Å². The lowest BCUT2D eigenvalue weighted by Crippen LogP contribution is -2.37. The minimum Gasteiger partial charge on any atom is -0.472 e. The Hall–Kier alpha value is -5.09. The second-order valence-electron chi connectivity index (χ2n) is 18.6. The molecule has 70 heavy (non-hydrogen) atoms. The molecule has 5 saturated heterocycles. The van der Waals surface area contributed by atoms with Crippen LogP contribution in [0.3, 0.4) is 0 Å². The Morgan fingerprint density at radius 2 is 0.786 bits per heavy atom. The van der Waals surface area contributed by atoms with E-state index in [2.05, 4.69) is 25.7 Å². The number of rotatable bonds is 10. The first-order valence-electron chi connectivity index (χ1n) is 24.0. The zero-order valence-corrected chi connectivity index (χ0v) is 47.3. The van der Waals surface area contributed by atoms with Gasteiger partial charge in [-0.2, -0.15) is 0 Å². The molecule has 1 aromatic heterocycles. The Labute approximate surface area is 432 Å². The van der Waals surface area contributed by atoms with E-state index in [0.29, 0.717) is 36.4 Å². The molecule has 0 unspecified atom stereocenters. The van der Waals surface area contributed by atoms with E-state index in [1.165, 1.54) is 32.1 Å². The summed E-state index contributed by atoms with van der Waals surface area (Å²) >= 11 is 15.7. The van der Waals surface area contributed by atoms with Crippen molar-refractivity contribution in [3.05, 3.63) is 33.9 Å². The fourth-order valence-electron chi connectivity index (χ4n) is 7.38. The number of likely N-dealkylation sites (N-methyl/N-ethyl adjacent to an activating group) is 5. The zero-order chi connectivity index (χ0) is 54.2. The summed E-state index contributed by atoms with van der Waals surface area (Å²) in [5.74, 6) is 0.0872. The summed E-state index contributed by atoms with van der Waals surface area (Å²) in [5, 5.41) is 1.56. The van der Waals surface area contributed by atoms with Crippen LogP contribution in [0.25, 0.3) is 0 Å². The van der Waals surface area contributed by atoms with Gasteiger partial charge in [0, 0.05) is 74.6 Å². The number of aryl methyl sites for hydroxylation is 1. The molecule has 5 fully saturated rings. The minimum absolute atomic E-state index is 0.0263. The lowest BCUT2D eigenvalue weighted by molar-refractivity contribution is -0.127. The number of urea groups is 3. The Morgan fingerprint density at radius 1 is 0.457 bits per heavy atom. The molecule has 5 aliphatic heterocycles. The smallest absolute Gasteiger partial charge is 0.327 e. The van der Waals surface area contributed by atoms with Gasteiger partial charge in [-0.05, 0) is 134 Å². The van der Waals surface area contributed by atoms with Crippen molar-refractivity contribution in [1.29, 1.82) is 0 Å². The molecule has 0 saturated carbocycles. The number of carbonyl (C=O) groups is 7. The van der Waals surface area contributed by atoms with Crippen LogP contribution in [0.15, 0.2) is 21.7 Å². The summed E-state index contributed by atoms with van der Waals surface area (Å²) in [6, 6.07) is -0.00819. The first kappa shape index (κ1) is 62.9. The highest BCUT2D eigenvalue weighted by Crippen LogP contribution is 2.17. The Bertz CT molecular complexity index is 1930. The van der Waals surface area contributed by atoms with E-state index in [0.717, 1.165) is 35.3 Å². The van der Waals surface area contributed by atoms with Crippen LogP contribution in [0.5, 0.6) is 0 Å². The van der Waals surface area contributed by atoms with Gasteiger partial charge in [-0.15, -0.1) is 0 Å². The average Bonchev–Trinajstić information content (AvgIpc) is 4.00. The molecular weight excluding hydrogens is 957 g/mol. The van der Waals surface area contributed by atoms with Crippen LogP contribution >= 0.6 is 36.7 Å². The molecule has 22 heteroatoms. The molecule has 0 atom stereocenters. The fraction of sp³-hybridized carbons (Fsp3) is 0.688. The molecule has 0 aromatic carbocycles. The van der Waals surface area contributed by atoms with Crippen molar-refractivity contribution in [3.63, 3.8) is 0 Å². The van der Waals surface area contributed by atoms with Gasteiger partial charge >= 0.3 is 18.1 Å². The van der Waals surface area contributed by atoms with Crippen molar-refractivity contribution >= 4 is 93.6 Å².